The van der Waals surface area contributed by atoms with Gasteiger partial charge in [0.15, 0.2) is 16.5 Å². The van der Waals surface area contributed by atoms with Gasteiger partial charge in [0.25, 0.3) is 11.8 Å². The van der Waals surface area contributed by atoms with Crippen LogP contribution in [-0.4, -0.2) is 111 Å². The third kappa shape index (κ3) is 7.20. The normalized spacial score (nSPS) is 18.2. The molecule has 0 saturated carbocycles. The molecule has 3 aromatic rings. The van der Waals surface area contributed by atoms with Crippen molar-refractivity contribution in [2.75, 3.05) is 23.4 Å². The minimum atomic E-state index is -1.28. The van der Waals surface area contributed by atoms with Gasteiger partial charge in [-0.1, -0.05) is 5.16 Å². The van der Waals surface area contributed by atoms with E-state index in [4.69, 9.17) is 9.57 Å². The van der Waals surface area contributed by atoms with Crippen molar-refractivity contribution < 1.29 is 38.7 Å². The summed E-state index contributed by atoms with van der Waals surface area (Å²) in [6, 6.07) is 2.29. The van der Waals surface area contributed by atoms with E-state index in [0.29, 0.717) is 22.7 Å². The van der Waals surface area contributed by atoms with Crippen LogP contribution in [-0.2, 0) is 33.5 Å². The third-order valence-corrected chi connectivity index (χ3v) is 9.00. The summed E-state index contributed by atoms with van der Waals surface area (Å²) in [5.41, 5.74) is -0.352. The number of fused-ring (bicyclic) bond motifs is 2. The maximum atomic E-state index is 13.4. The molecule has 21 heteroatoms. The van der Waals surface area contributed by atoms with Crippen LogP contribution in [0.15, 0.2) is 39.0 Å². The number of carbonyl (C=O) groups is 5. The molecule has 3 amide bonds. The molecule has 1 fully saturated rings. The number of oxime groups is 1. The lowest BCUT2D eigenvalue weighted by molar-refractivity contribution is -0.160. The topological polar surface area (TPSA) is 233 Å². The number of hydrogen-bond donors (Lipinski definition) is 3. The number of hydrogen-bond acceptors (Lipinski definition) is 16. The zero-order valence-corrected chi connectivity index (χ0v) is 26.1. The molecule has 2 aliphatic heterocycles. The Kier molecular flexibility index (Phi) is 9.29. The number of aliphatic carboxylic acids is 1. The lowest BCUT2D eigenvalue weighted by atomic mass is 10.0. The largest absolute Gasteiger partial charge is 0.477 e. The summed E-state index contributed by atoms with van der Waals surface area (Å²) < 4.78 is 6.41. The van der Waals surface area contributed by atoms with E-state index in [9.17, 15) is 29.1 Å². The quantitative estimate of drug-likeness (QED) is 0.0578. The van der Waals surface area contributed by atoms with Gasteiger partial charge in [-0.05, 0) is 48.9 Å². The first-order valence-electron chi connectivity index (χ1n) is 12.9. The average Bonchev–Trinajstić information content (AvgIpc) is 3.65. The summed E-state index contributed by atoms with van der Waals surface area (Å²) in [6.45, 7) is 4.41. The molecule has 0 spiro atoms. The first kappa shape index (κ1) is 31.8. The second-order valence-electron chi connectivity index (χ2n) is 10.2. The van der Waals surface area contributed by atoms with E-state index < -0.39 is 47.4 Å². The standard InChI is InChI=1S/C24H24N10O8S3/c1-24(2,3)42-15(36)6-41-30-16(12-9-45-23(26-12)25-10-35)19(37)27-17-20(38)33-18(22(39)40)11(8-44-21(17)33)7-43-14-5-4-13-28-31-32-34(13)29-14/h4-5,9-10,17,21H,6-8H2,1-3H3,(H,27,37)(H,39,40)(H,25,26,35)/t17?,21-/m1/s1. The minimum absolute atomic E-state index is 0.00451. The molecule has 0 aliphatic carbocycles. The molecular weight excluding hydrogens is 653 g/mol. The van der Waals surface area contributed by atoms with Gasteiger partial charge >= 0.3 is 11.9 Å². The monoisotopic (exact) mass is 676 g/mol. The van der Waals surface area contributed by atoms with Crippen molar-refractivity contribution in [3.63, 3.8) is 0 Å². The van der Waals surface area contributed by atoms with Gasteiger partial charge < -0.3 is 25.3 Å². The van der Waals surface area contributed by atoms with Gasteiger partial charge in [-0.2, -0.15) is 0 Å². The number of carboxylic acid groups (broad SMARTS) is 1. The highest BCUT2D eigenvalue weighted by Crippen LogP contribution is 2.41. The van der Waals surface area contributed by atoms with Gasteiger partial charge in [0, 0.05) is 16.9 Å². The number of ether oxygens (including phenoxy) is 1. The van der Waals surface area contributed by atoms with Crippen LogP contribution in [0, 0.1) is 0 Å². The van der Waals surface area contributed by atoms with E-state index in [1.807, 2.05) is 0 Å². The zero-order chi connectivity index (χ0) is 32.3. The summed E-state index contributed by atoms with van der Waals surface area (Å²) in [4.78, 5) is 72.1. The summed E-state index contributed by atoms with van der Waals surface area (Å²) in [7, 11) is 0. The van der Waals surface area contributed by atoms with E-state index in [2.05, 4.69) is 41.4 Å². The number of carbonyl (C=O) groups excluding carboxylic acids is 4. The van der Waals surface area contributed by atoms with Gasteiger partial charge in [0.2, 0.25) is 13.0 Å². The lowest BCUT2D eigenvalue weighted by Crippen LogP contribution is -2.71. The molecule has 45 heavy (non-hydrogen) atoms. The molecule has 5 heterocycles. The number of thiazole rings is 1. The van der Waals surface area contributed by atoms with Crippen molar-refractivity contribution in [2.24, 2.45) is 5.16 Å². The molecular formula is C24H24N10O8S3. The maximum absolute atomic E-state index is 13.4. The van der Waals surface area contributed by atoms with Crippen LogP contribution >= 0.6 is 34.9 Å². The first-order valence-corrected chi connectivity index (χ1v) is 15.8. The van der Waals surface area contributed by atoms with Crippen LogP contribution in [0.5, 0.6) is 0 Å². The SMILES string of the molecule is CC(C)(C)OC(=O)CON=C(C(=O)NC1C(=O)N2C(C(=O)O)=C(CSc3ccc4nnnn4n3)CS[C@H]12)c1csc(NC=O)n1. The Balaban J connectivity index is 1.29. The van der Waals surface area contributed by atoms with Gasteiger partial charge in [-0.3, -0.25) is 19.3 Å². The molecule has 2 atom stereocenters. The number of tetrazole rings is 1. The molecule has 0 aromatic carbocycles. The molecule has 3 N–H and O–H groups in total. The Morgan fingerprint density at radius 3 is 2.82 bits per heavy atom. The molecule has 1 unspecified atom stereocenters. The van der Waals surface area contributed by atoms with Gasteiger partial charge in [-0.25, -0.2) is 14.6 Å². The van der Waals surface area contributed by atoms with E-state index in [1.54, 1.807) is 32.9 Å². The molecule has 236 valence electrons. The Morgan fingerprint density at radius 1 is 1.29 bits per heavy atom. The smallest absolute Gasteiger partial charge is 0.352 e. The van der Waals surface area contributed by atoms with Gasteiger partial charge in [0.05, 0.1) is 0 Å². The van der Waals surface area contributed by atoms with Crippen molar-refractivity contribution >= 4 is 81.5 Å². The number of carboxylic acids is 1. The predicted molar refractivity (Wildman–Crippen MR) is 159 cm³/mol. The number of nitrogens with one attached hydrogen (secondary N) is 2. The third-order valence-electron chi connectivity index (χ3n) is 5.88. The van der Waals surface area contributed by atoms with Crippen LogP contribution in [0.2, 0.25) is 0 Å². The van der Waals surface area contributed by atoms with Gasteiger partial charge in [0.1, 0.15) is 33.4 Å². The fraction of sp³-hybridized carbons (Fsp3) is 0.375. The fourth-order valence-corrected chi connectivity index (χ4v) is 7.09. The second kappa shape index (κ2) is 13.2. The average molecular weight is 677 g/mol. The molecule has 2 aliphatic rings. The zero-order valence-electron chi connectivity index (χ0n) is 23.7. The summed E-state index contributed by atoms with van der Waals surface area (Å²) in [5.74, 6) is -3.01. The Hall–Kier alpha value is -4.63. The van der Waals surface area contributed by atoms with E-state index in [0.717, 1.165) is 16.2 Å². The lowest BCUT2D eigenvalue weighted by Gasteiger charge is -2.49. The fourth-order valence-electron chi connectivity index (χ4n) is 4.10. The summed E-state index contributed by atoms with van der Waals surface area (Å²) in [5, 5.41) is 35.5. The van der Waals surface area contributed by atoms with Crippen molar-refractivity contribution in [2.45, 2.75) is 42.8 Å². The molecule has 0 bridgehead atoms. The molecule has 1 saturated heterocycles. The van der Waals surface area contributed by atoms with E-state index in [1.165, 1.54) is 33.5 Å². The van der Waals surface area contributed by atoms with Crippen LogP contribution in [0.25, 0.3) is 5.65 Å². The van der Waals surface area contributed by atoms with Crippen LogP contribution < -0.4 is 10.6 Å². The highest BCUT2D eigenvalue weighted by Gasteiger charge is 2.54. The van der Waals surface area contributed by atoms with E-state index >= 15 is 0 Å². The Morgan fingerprint density at radius 2 is 2.09 bits per heavy atom. The highest BCUT2D eigenvalue weighted by atomic mass is 32.2. The molecule has 5 rings (SSSR count). The summed E-state index contributed by atoms with van der Waals surface area (Å²) in [6.07, 6.45) is 0.407. The van der Waals surface area contributed by atoms with Crippen LogP contribution in [0.3, 0.4) is 0 Å². The van der Waals surface area contributed by atoms with Crippen LogP contribution in [0.4, 0.5) is 5.13 Å². The van der Waals surface area contributed by atoms with E-state index in [-0.39, 0.29) is 33.7 Å². The number of esters is 1. The second-order valence-corrected chi connectivity index (χ2v) is 13.2. The highest BCUT2D eigenvalue weighted by molar-refractivity contribution is 8.01. The molecule has 0 radical (unpaired) electrons. The van der Waals surface area contributed by atoms with Crippen molar-refractivity contribution in [3.05, 3.63) is 34.5 Å². The number of amides is 3. The Labute approximate surface area is 266 Å². The summed E-state index contributed by atoms with van der Waals surface area (Å²) >= 11 is 3.55. The van der Waals surface area contributed by atoms with Crippen molar-refractivity contribution in [1.29, 1.82) is 0 Å². The number of nitrogens with zero attached hydrogens (tertiary/aromatic N) is 8. The van der Waals surface area contributed by atoms with Crippen molar-refractivity contribution in [1.82, 2.24) is 40.5 Å². The number of rotatable bonds is 12. The maximum Gasteiger partial charge on any atom is 0.352 e. The van der Waals surface area contributed by atoms with Gasteiger partial charge in [-0.15, -0.1) is 49.7 Å². The molecule has 18 nitrogen and oxygen atoms in total. The molecule has 3 aromatic heterocycles. The van der Waals surface area contributed by atoms with Crippen LogP contribution in [0.1, 0.15) is 26.5 Å². The first-order chi connectivity index (χ1) is 21.4. The number of aromatic nitrogens is 6. The number of anilines is 1. The number of β-lactam (4-membered cyclic amide) rings is 1. The van der Waals surface area contributed by atoms with Crippen molar-refractivity contribution in [3.8, 4) is 0 Å². The predicted octanol–water partition coefficient (Wildman–Crippen LogP) is 0.137. The number of thioether (sulfide) groups is 2. The minimum Gasteiger partial charge on any atom is -0.477 e. The Bertz CT molecular complexity index is 1730.